The molecule has 0 bridgehead atoms. The molecule has 0 spiro atoms. The van der Waals surface area contributed by atoms with Gasteiger partial charge in [0.25, 0.3) is 5.56 Å². The standard InChI is InChI=1S/C14H16N4O/c15-11-3-1-10(2-4-11)9-18(12-5-6-12)13-14(19)17-8-7-16-13/h1-4,7-8,12H,5-6,9,15H2,(H,17,19). The Hall–Kier alpha value is -2.30. The van der Waals surface area contributed by atoms with Gasteiger partial charge in [-0.2, -0.15) is 0 Å². The fraction of sp³-hybridized carbons (Fsp3) is 0.286. The lowest BCUT2D eigenvalue weighted by Gasteiger charge is -2.22. The first kappa shape index (κ1) is 11.8. The zero-order valence-corrected chi connectivity index (χ0v) is 10.5. The van der Waals surface area contributed by atoms with Gasteiger partial charge in [0.2, 0.25) is 0 Å². The number of nitrogens with zero attached hydrogens (tertiary/aromatic N) is 2. The van der Waals surface area contributed by atoms with Crippen LogP contribution in [0.1, 0.15) is 18.4 Å². The molecule has 98 valence electrons. The van der Waals surface area contributed by atoms with Crippen LogP contribution in [0, 0.1) is 0 Å². The van der Waals surface area contributed by atoms with E-state index in [1.165, 1.54) is 0 Å². The summed E-state index contributed by atoms with van der Waals surface area (Å²) in [6.45, 7) is 0.686. The van der Waals surface area contributed by atoms with Gasteiger partial charge in [-0.1, -0.05) is 12.1 Å². The third-order valence-electron chi connectivity index (χ3n) is 3.28. The van der Waals surface area contributed by atoms with E-state index in [-0.39, 0.29) is 5.56 Å². The first-order chi connectivity index (χ1) is 9.24. The van der Waals surface area contributed by atoms with Crippen molar-refractivity contribution in [2.45, 2.75) is 25.4 Å². The van der Waals surface area contributed by atoms with Crippen molar-refractivity contribution in [2.24, 2.45) is 0 Å². The highest BCUT2D eigenvalue weighted by molar-refractivity contribution is 5.43. The lowest BCUT2D eigenvalue weighted by Crippen LogP contribution is -2.31. The molecule has 5 heteroatoms. The van der Waals surface area contributed by atoms with E-state index in [1.807, 2.05) is 24.3 Å². The molecule has 2 aromatic rings. The smallest absolute Gasteiger partial charge is 0.290 e. The summed E-state index contributed by atoms with van der Waals surface area (Å²) < 4.78 is 0. The fourth-order valence-electron chi connectivity index (χ4n) is 2.13. The Morgan fingerprint density at radius 3 is 2.68 bits per heavy atom. The Morgan fingerprint density at radius 2 is 2.05 bits per heavy atom. The van der Waals surface area contributed by atoms with Gasteiger partial charge in [0.1, 0.15) is 0 Å². The molecule has 1 saturated carbocycles. The van der Waals surface area contributed by atoms with Crippen molar-refractivity contribution >= 4 is 11.5 Å². The van der Waals surface area contributed by atoms with Crippen LogP contribution in [-0.2, 0) is 6.54 Å². The molecule has 5 nitrogen and oxygen atoms in total. The Kier molecular flexibility index (Phi) is 2.95. The van der Waals surface area contributed by atoms with Crippen molar-refractivity contribution in [3.63, 3.8) is 0 Å². The van der Waals surface area contributed by atoms with Gasteiger partial charge in [-0.25, -0.2) is 4.98 Å². The van der Waals surface area contributed by atoms with Crippen LogP contribution in [0.5, 0.6) is 0 Å². The first-order valence-corrected chi connectivity index (χ1v) is 6.39. The van der Waals surface area contributed by atoms with Crippen LogP contribution in [0.3, 0.4) is 0 Å². The number of benzene rings is 1. The van der Waals surface area contributed by atoms with Crippen LogP contribution >= 0.6 is 0 Å². The predicted molar refractivity (Wildman–Crippen MR) is 74.9 cm³/mol. The number of anilines is 2. The summed E-state index contributed by atoms with van der Waals surface area (Å²) in [5.41, 5.74) is 7.43. The van der Waals surface area contributed by atoms with Crippen molar-refractivity contribution in [1.82, 2.24) is 9.97 Å². The van der Waals surface area contributed by atoms with Crippen molar-refractivity contribution in [3.05, 3.63) is 52.6 Å². The molecule has 0 unspecified atom stereocenters. The summed E-state index contributed by atoms with van der Waals surface area (Å²) in [4.78, 5) is 20.8. The molecular weight excluding hydrogens is 240 g/mol. The molecule has 0 aliphatic heterocycles. The number of hydrogen-bond acceptors (Lipinski definition) is 4. The van der Waals surface area contributed by atoms with Crippen LogP contribution < -0.4 is 16.2 Å². The van der Waals surface area contributed by atoms with Crippen molar-refractivity contribution in [1.29, 1.82) is 0 Å². The number of hydrogen-bond donors (Lipinski definition) is 2. The molecule has 1 fully saturated rings. The molecule has 1 aliphatic rings. The van der Waals surface area contributed by atoms with Gasteiger partial charge in [-0.05, 0) is 30.5 Å². The largest absolute Gasteiger partial charge is 0.399 e. The molecule has 19 heavy (non-hydrogen) atoms. The van der Waals surface area contributed by atoms with Gasteiger partial charge < -0.3 is 15.6 Å². The topological polar surface area (TPSA) is 75.0 Å². The molecule has 0 amide bonds. The minimum atomic E-state index is -0.134. The minimum Gasteiger partial charge on any atom is -0.399 e. The van der Waals surface area contributed by atoms with Crippen molar-refractivity contribution < 1.29 is 0 Å². The Labute approximate surface area is 111 Å². The third kappa shape index (κ3) is 2.59. The maximum atomic E-state index is 11.9. The van der Waals surface area contributed by atoms with Crippen LogP contribution in [0.25, 0.3) is 0 Å². The molecule has 0 radical (unpaired) electrons. The summed E-state index contributed by atoms with van der Waals surface area (Å²) in [6, 6.07) is 8.16. The second kappa shape index (κ2) is 4.76. The quantitative estimate of drug-likeness (QED) is 0.813. The Bertz CT molecular complexity index is 616. The van der Waals surface area contributed by atoms with E-state index in [0.717, 1.165) is 24.1 Å². The Balaban J connectivity index is 1.88. The van der Waals surface area contributed by atoms with Crippen molar-refractivity contribution in [2.75, 3.05) is 10.6 Å². The first-order valence-electron chi connectivity index (χ1n) is 6.39. The summed E-state index contributed by atoms with van der Waals surface area (Å²) in [5, 5.41) is 0. The molecule has 1 heterocycles. The molecule has 0 saturated heterocycles. The van der Waals surface area contributed by atoms with Gasteiger partial charge in [-0.3, -0.25) is 4.79 Å². The number of aromatic nitrogens is 2. The van der Waals surface area contributed by atoms with Crippen LogP contribution in [0.2, 0.25) is 0 Å². The predicted octanol–water partition coefficient (Wildman–Crippen LogP) is 1.52. The molecule has 3 rings (SSSR count). The normalized spacial score (nSPS) is 14.3. The molecular formula is C14H16N4O. The van der Waals surface area contributed by atoms with Crippen LogP contribution in [0.4, 0.5) is 11.5 Å². The highest BCUT2D eigenvalue weighted by Gasteiger charge is 2.31. The zero-order chi connectivity index (χ0) is 13.2. The summed E-state index contributed by atoms with van der Waals surface area (Å²) in [6.07, 6.45) is 5.41. The fourth-order valence-corrected chi connectivity index (χ4v) is 2.13. The van der Waals surface area contributed by atoms with Gasteiger partial charge in [0, 0.05) is 30.7 Å². The van der Waals surface area contributed by atoms with E-state index in [1.54, 1.807) is 12.4 Å². The lowest BCUT2D eigenvalue weighted by atomic mass is 10.2. The van der Waals surface area contributed by atoms with Crippen LogP contribution in [-0.4, -0.2) is 16.0 Å². The summed E-state index contributed by atoms with van der Waals surface area (Å²) in [7, 11) is 0. The van der Waals surface area contributed by atoms with Gasteiger partial charge in [-0.15, -0.1) is 0 Å². The average Bonchev–Trinajstić information content (AvgIpc) is 3.24. The second-order valence-electron chi connectivity index (χ2n) is 4.84. The zero-order valence-electron chi connectivity index (χ0n) is 10.5. The average molecular weight is 256 g/mol. The maximum absolute atomic E-state index is 11.9. The number of nitrogens with two attached hydrogens (primary N) is 1. The van der Waals surface area contributed by atoms with E-state index in [0.29, 0.717) is 18.4 Å². The maximum Gasteiger partial charge on any atom is 0.290 e. The molecule has 0 atom stereocenters. The third-order valence-corrected chi connectivity index (χ3v) is 3.28. The van der Waals surface area contributed by atoms with Gasteiger partial charge in [0.05, 0.1) is 0 Å². The number of rotatable bonds is 4. The number of aromatic amines is 1. The van der Waals surface area contributed by atoms with E-state index < -0.39 is 0 Å². The van der Waals surface area contributed by atoms with Gasteiger partial charge in [0.15, 0.2) is 5.82 Å². The highest BCUT2D eigenvalue weighted by Crippen LogP contribution is 2.30. The van der Waals surface area contributed by atoms with Crippen molar-refractivity contribution in [3.8, 4) is 0 Å². The highest BCUT2D eigenvalue weighted by atomic mass is 16.1. The minimum absolute atomic E-state index is 0.134. The number of nitrogens with one attached hydrogen (secondary N) is 1. The molecule has 1 aromatic heterocycles. The SMILES string of the molecule is Nc1ccc(CN(c2ncc[nH]c2=O)C2CC2)cc1. The van der Waals surface area contributed by atoms with E-state index in [9.17, 15) is 4.79 Å². The molecule has 1 aliphatic carbocycles. The summed E-state index contributed by atoms with van der Waals surface area (Å²) in [5.74, 6) is 0.502. The lowest BCUT2D eigenvalue weighted by molar-refractivity contribution is 0.768. The monoisotopic (exact) mass is 256 g/mol. The summed E-state index contributed by atoms with van der Waals surface area (Å²) >= 11 is 0. The Morgan fingerprint density at radius 1 is 1.32 bits per heavy atom. The van der Waals surface area contributed by atoms with E-state index in [2.05, 4.69) is 14.9 Å². The molecule has 3 N–H and O–H groups in total. The number of H-pyrrole nitrogens is 1. The van der Waals surface area contributed by atoms with E-state index >= 15 is 0 Å². The molecule has 1 aromatic carbocycles. The number of nitrogen functional groups attached to an aromatic ring is 1. The van der Waals surface area contributed by atoms with Crippen LogP contribution in [0.15, 0.2) is 41.5 Å². The van der Waals surface area contributed by atoms with Gasteiger partial charge >= 0.3 is 0 Å². The van der Waals surface area contributed by atoms with E-state index in [4.69, 9.17) is 5.73 Å². The second-order valence-corrected chi connectivity index (χ2v) is 4.84.